The van der Waals surface area contributed by atoms with Gasteiger partial charge in [-0.25, -0.2) is 4.79 Å². The molecule has 0 aromatic heterocycles. The lowest BCUT2D eigenvalue weighted by Crippen LogP contribution is -1.95. The number of allylic oxidation sites excluding steroid dienone is 7. The van der Waals surface area contributed by atoms with Crippen LogP contribution < -0.4 is 0 Å². The van der Waals surface area contributed by atoms with E-state index in [-0.39, 0.29) is 0 Å². The van der Waals surface area contributed by atoms with Gasteiger partial charge in [0.15, 0.2) is 0 Å². The van der Waals surface area contributed by atoms with E-state index in [1.807, 2.05) is 12.2 Å². The zero-order valence-electron chi connectivity index (χ0n) is 21.1. The number of aliphatic hydroxyl groups is 1. The zero-order valence-corrected chi connectivity index (χ0v) is 21.1. The lowest BCUT2D eigenvalue weighted by Gasteiger charge is -2.01. The molecule has 3 nitrogen and oxygen atoms in total. The first-order valence-corrected chi connectivity index (χ1v) is 13.2. The molecule has 0 radical (unpaired) electrons. The Labute approximate surface area is 209 Å². The van der Waals surface area contributed by atoms with Gasteiger partial charge >= 0.3 is 5.97 Å². The maximum Gasteiger partial charge on any atom is 0.382 e. The number of hydrogen-bond donors (Lipinski definition) is 2. The quantitative estimate of drug-likeness (QED) is 0.103. The number of unbranched alkanes of at least 4 members (excludes halogenated alkanes) is 14. The molecule has 0 aromatic rings. The number of terminal acetylenes is 1. The average Bonchev–Trinajstić information content (AvgIpc) is 2.83. The summed E-state index contributed by atoms with van der Waals surface area (Å²) in [5, 5.41) is 17.6. The summed E-state index contributed by atoms with van der Waals surface area (Å²) in [5.41, 5.74) is 0. The van der Waals surface area contributed by atoms with Crippen LogP contribution in [0.5, 0.6) is 0 Å². The Hall–Kier alpha value is -2.49. The Bertz CT molecular complexity index is 694. The maximum absolute atomic E-state index is 10.2. The van der Waals surface area contributed by atoms with Crippen molar-refractivity contribution in [2.75, 3.05) is 0 Å². The fourth-order valence-electron chi connectivity index (χ4n) is 3.50. The third kappa shape index (κ3) is 27.5. The first kappa shape index (κ1) is 31.5. The number of carboxylic acid groups (broad SMARTS) is 1. The van der Waals surface area contributed by atoms with Crippen LogP contribution in [0.15, 0.2) is 48.6 Å². The highest BCUT2D eigenvalue weighted by Crippen LogP contribution is 2.12. The Morgan fingerprint density at radius 2 is 1.12 bits per heavy atom. The second-order valence-corrected chi connectivity index (χ2v) is 8.59. The summed E-state index contributed by atoms with van der Waals surface area (Å²) in [7, 11) is 0. The van der Waals surface area contributed by atoms with E-state index in [1.165, 1.54) is 70.6 Å². The Morgan fingerprint density at radius 3 is 1.62 bits per heavy atom. The second kappa shape index (κ2) is 26.8. The number of carbonyl (C=O) groups is 1. The van der Waals surface area contributed by atoms with Crippen molar-refractivity contribution in [2.24, 2.45) is 0 Å². The van der Waals surface area contributed by atoms with Crippen molar-refractivity contribution in [3.8, 4) is 24.2 Å². The summed E-state index contributed by atoms with van der Waals surface area (Å²) in [6.45, 7) is 0. The van der Waals surface area contributed by atoms with Gasteiger partial charge in [-0.3, -0.25) is 0 Å². The molecule has 0 spiro atoms. The highest BCUT2D eigenvalue weighted by Gasteiger charge is 1.92. The summed E-state index contributed by atoms with van der Waals surface area (Å²) < 4.78 is 0. The van der Waals surface area contributed by atoms with Crippen molar-refractivity contribution in [3.63, 3.8) is 0 Å². The predicted molar refractivity (Wildman–Crippen MR) is 145 cm³/mol. The molecule has 0 saturated carbocycles. The van der Waals surface area contributed by atoms with E-state index in [0.29, 0.717) is 0 Å². The van der Waals surface area contributed by atoms with Crippen molar-refractivity contribution in [2.45, 2.75) is 115 Å². The third-order valence-electron chi connectivity index (χ3n) is 5.46. The van der Waals surface area contributed by atoms with Gasteiger partial charge in [0.25, 0.3) is 0 Å². The van der Waals surface area contributed by atoms with Gasteiger partial charge in [0, 0.05) is 5.92 Å². The molecule has 0 bridgehead atoms. The van der Waals surface area contributed by atoms with Gasteiger partial charge in [-0.1, -0.05) is 99.7 Å². The summed E-state index contributed by atoms with van der Waals surface area (Å²) in [5.74, 6) is 5.79. The van der Waals surface area contributed by atoms with Gasteiger partial charge in [-0.15, -0.1) is 6.42 Å². The highest BCUT2D eigenvalue weighted by atomic mass is 16.4. The van der Waals surface area contributed by atoms with Gasteiger partial charge < -0.3 is 10.2 Å². The van der Waals surface area contributed by atoms with E-state index in [4.69, 9.17) is 11.5 Å². The molecular weight excluding hydrogens is 420 g/mol. The first-order chi connectivity index (χ1) is 16.7. The molecule has 0 heterocycles. The van der Waals surface area contributed by atoms with Crippen LogP contribution in [-0.2, 0) is 4.79 Å². The monoisotopic (exact) mass is 466 g/mol. The van der Waals surface area contributed by atoms with E-state index in [1.54, 1.807) is 12.2 Å². The molecule has 188 valence electrons. The van der Waals surface area contributed by atoms with Crippen molar-refractivity contribution < 1.29 is 15.0 Å². The van der Waals surface area contributed by atoms with Crippen LogP contribution in [0, 0.1) is 24.2 Å². The molecule has 34 heavy (non-hydrogen) atoms. The summed E-state index contributed by atoms with van der Waals surface area (Å²) >= 11 is 0. The van der Waals surface area contributed by atoms with E-state index < -0.39 is 12.1 Å². The lowest BCUT2D eigenvalue weighted by atomic mass is 10.1. The Balaban J connectivity index is 3.30. The summed E-state index contributed by atoms with van der Waals surface area (Å²) in [4.78, 5) is 10.2. The largest absolute Gasteiger partial charge is 0.472 e. The predicted octanol–water partition coefficient (Wildman–Crippen LogP) is 7.93. The maximum atomic E-state index is 10.2. The van der Waals surface area contributed by atoms with Crippen LogP contribution in [0.3, 0.4) is 0 Å². The second-order valence-electron chi connectivity index (χ2n) is 8.59. The van der Waals surface area contributed by atoms with Gasteiger partial charge in [0.2, 0.25) is 0 Å². The fourth-order valence-corrected chi connectivity index (χ4v) is 3.50. The molecule has 1 atom stereocenters. The molecule has 0 aromatic carbocycles. The van der Waals surface area contributed by atoms with Crippen LogP contribution in [0.4, 0.5) is 0 Å². The van der Waals surface area contributed by atoms with Crippen LogP contribution in [0.2, 0.25) is 0 Å². The lowest BCUT2D eigenvalue weighted by molar-refractivity contribution is -0.130. The molecule has 3 heteroatoms. The Morgan fingerprint density at radius 1 is 0.676 bits per heavy atom. The number of carboxylic acids is 1. The van der Waals surface area contributed by atoms with Crippen LogP contribution in [0.25, 0.3) is 0 Å². The van der Waals surface area contributed by atoms with E-state index in [2.05, 4.69) is 42.1 Å². The SMILES string of the molecule is C#C[C@H](O)/C=C/CCCCCC=CCC=CCCCCCCCCCCCC=CC#CC(=O)O. The van der Waals surface area contributed by atoms with Crippen molar-refractivity contribution in [3.05, 3.63) is 48.6 Å². The molecule has 0 amide bonds. The van der Waals surface area contributed by atoms with Crippen molar-refractivity contribution in [1.82, 2.24) is 0 Å². The minimum Gasteiger partial charge on any atom is -0.472 e. The van der Waals surface area contributed by atoms with Crippen LogP contribution in [-0.4, -0.2) is 22.3 Å². The molecule has 0 aliphatic carbocycles. The standard InChI is InChI=1S/C31H46O3/c1-2-30(32)28-26-24-22-20-18-16-14-12-10-8-6-4-3-5-7-9-11-13-15-17-19-21-23-25-27-29-31(33)34/h1,6,8,12,14,23,25-26,28,30,32H,3-5,7,9-11,13,15-22,24H2,(H,33,34)/b8-6?,14-12?,25-23?,28-26+/t30-/m0/s1. The molecule has 0 unspecified atom stereocenters. The van der Waals surface area contributed by atoms with E-state index in [9.17, 15) is 9.90 Å². The molecule has 2 N–H and O–H groups in total. The normalized spacial score (nSPS) is 12.5. The molecule has 0 saturated heterocycles. The molecular formula is C31H46O3. The number of aliphatic hydroxyl groups excluding tert-OH is 1. The van der Waals surface area contributed by atoms with Crippen molar-refractivity contribution in [1.29, 1.82) is 0 Å². The average molecular weight is 467 g/mol. The topological polar surface area (TPSA) is 57.5 Å². The van der Waals surface area contributed by atoms with Gasteiger partial charge in [-0.05, 0) is 69.9 Å². The smallest absolute Gasteiger partial charge is 0.382 e. The minimum absolute atomic E-state index is 0.737. The number of rotatable bonds is 21. The van der Waals surface area contributed by atoms with Gasteiger partial charge in [-0.2, -0.15) is 0 Å². The number of aliphatic carboxylic acids is 1. The van der Waals surface area contributed by atoms with Crippen LogP contribution in [0.1, 0.15) is 109 Å². The highest BCUT2D eigenvalue weighted by molar-refractivity contribution is 5.86. The van der Waals surface area contributed by atoms with Crippen LogP contribution >= 0.6 is 0 Å². The van der Waals surface area contributed by atoms with Gasteiger partial charge in [0.05, 0.1) is 0 Å². The van der Waals surface area contributed by atoms with Gasteiger partial charge in [0.1, 0.15) is 6.10 Å². The van der Waals surface area contributed by atoms with Crippen molar-refractivity contribution >= 4 is 5.97 Å². The third-order valence-corrected chi connectivity index (χ3v) is 5.46. The molecule has 0 rings (SSSR count). The molecule has 0 fully saturated rings. The van der Waals surface area contributed by atoms with E-state index in [0.717, 1.165) is 38.5 Å². The fraction of sp³-hybridized carbons (Fsp3) is 0.581. The Kier molecular flexibility index (Phi) is 24.8. The summed E-state index contributed by atoms with van der Waals surface area (Å²) in [6, 6.07) is 0. The minimum atomic E-state index is -1.08. The molecule has 0 aliphatic heterocycles. The first-order valence-electron chi connectivity index (χ1n) is 13.2. The molecule has 0 aliphatic rings. The summed E-state index contributed by atoms with van der Waals surface area (Å²) in [6.07, 6.45) is 41.4. The van der Waals surface area contributed by atoms with E-state index >= 15 is 0 Å². The zero-order chi connectivity index (χ0) is 25.0. The number of hydrogen-bond acceptors (Lipinski definition) is 2.